The summed E-state index contributed by atoms with van der Waals surface area (Å²) in [4.78, 5) is 25.8. The molecule has 0 spiro atoms. The SMILES string of the molecule is Nc1cnn(-c2nc(NCC(c3ccccc3)c3ccccc3)c3ncn(C4CC(NC(=O)CO)C(O)C4O)c3n2)c1. The number of imidazole rings is 1. The van der Waals surface area contributed by atoms with Gasteiger partial charge < -0.3 is 36.3 Å². The second kappa shape index (κ2) is 11.6. The first-order valence-corrected chi connectivity index (χ1v) is 13.6. The summed E-state index contributed by atoms with van der Waals surface area (Å²) in [6.45, 7) is -0.225. The lowest BCUT2D eigenvalue weighted by Crippen LogP contribution is -2.44. The molecule has 3 heterocycles. The first-order chi connectivity index (χ1) is 20.4. The Morgan fingerprint density at radius 3 is 2.33 bits per heavy atom. The number of aliphatic hydroxyl groups is 3. The van der Waals surface area contributed by atoms with Crippen LogP contribution < -0.4 is 16.4 Å². The van der Waals surface area contributed by atoms with E-state index in [1.165, 1.54) is 17.2 Å². The summed E-state index contributed by atoms with van der Waals surface area (Å²) in [7, 11) is 0. The molecule has 13 heteroatoms. The summed E-state index contributed by atoms with van der Waals surface area (Å²) in [6.07, 6.45) is 2.35. The smallest absolute Gasteiger partial charge is 0.254 e. The van der Waals surface area contributed by atoms with Gasteiger partial charge in [0.25, 0.3) is 5.95 Å². The van der Waals surface area contributed by atoms with E-state index in [0.717, 1.165) is 11.1 Å². The minimum absolute atomic E-state index is 0.00555. The Hall–Kier alpha value is -4.85. The molecule has 0 radical (unpaired) electrons. The van der Waals surface area contributed by atoms with Crippen LogP contribution in [0.1, 0.15) is 29.5 Å². The molecule has 0 saturated heterocycles. The molecule has 2 aromatic carbocycles. The molecule has 0 bridgehead atoms. The van der Waals surface area contributed by atoms with Gasteiger partial charge in [-0.1, -0.05) is 60.7 Å². The molecule has 6 rings (SSSR count). The minimum atomic E-state index is -1.25. The van der Waals surface area contributed by atoms with Crippen molar-refractivity contribution in [2.75, 3.05) is 24.2 Å². The van der Waals surface area contributed by atoms with Crippen LogP contribution >= 0.6 is 0 Å². The lowest BCUT2D eigenvalue weighted by Gasteiger charge is -2.20. The Kier molecular flexibility index (Phi) is 7.52. The van der Waals surface area contributed by atoms with Gasteiger partial charge in [0.2, 0.25) is 5.91 Å². The van der Waals surface area contributed by atoms with E-state index in [4.69, 9.17) is 20.8 Å². The largest absolute Gasteiger partial charge is 0.396 e. The molecular formula is C29H31N9O4. The summed E-state index contributed by atoms with van der Waals surface area (Å²) < 4.78 is 3.12. The zero-order valence-corrected chi connectivity index (χ0v) is 22.5. The van der Waals surface area contributed by atoms with Crippen molar-refractivity contribution in [3.63, 3.8) is 0 Å². The first kappa shape index (κ1) is 27.3. The number of benzene rings is 2. The molecule has 5 aromatic rings. The van der Waals surface area contributed by atoms with Crippen molar-refractivity contribution in [2.45, 2.75) is 36.6 Å². The summed E-state index contributed by atoms with van der Waals surface area (Å²) in [5, 5.41) is 41.0. The number of carbonyl (C=O) groups is 1. The summed E-state index contributed by atoms with van der Waals surface area (Å²) in [6, 6.07) is 18.9. The van der Waals surface area contributed by atoms with Gasteiger partial charge in [0.15, 0.2) is 17.0 Å². The molecule has 1 amide bonds. The van der Waals surface area contributed by atoms with Crippen LogP contribution in [0.25, 0.3) is 17.1 Å². The number of amides is 1. The van der Waals surface area contributed by atoms with Crippen LogP contribution in [0.15, 0.2) is 79.4 Å². The quantitative estimate of drug-likeness (QED) is 0.149. The lowest BCUT2D eigenvalue weighted by atomic mass is 9.91. The Morgan fingerprint density at radius 2 is 1.71 bits per heavy atom. The van der Waals surface area contributed by atoms with Crippen molar-refractivity contribution < 1.29 is 20.1 Å². The molecule has 216 valence electrons. The molecule has 1 saturated carbocycles. The van der Waals surface area contributed by atoms with Crippen LogP contribution in [0.4, 0.5) is 11.5 Å². The standard InChI is InChI=1S/C29H31N9O4/c30-19-12-33-38(14-19)29-35-27(31-13-20(17-7-3-1-4-8-17)18-9-5-2-6-10-18)24-28(36-29)37(16-32-24)22-11-21(25(41)26(22)42)34-23(40)15-39/h1-10,12,14,16,20-22,25-26,39,41-42H,11,13,15,30H2,(H,34,40)(H,31,35,36). The highest BCUT2D eigenvalue weighted by Crippen LogP contribution is 2.35. The zero-order chi connectivity index (χ0) is 29.2. The Labute approximate surface area is 240 Å². The molecule has 4 atom stereocenters. The third kappa shape index (κ3) is 5.28. The number of nitrogens with one attached hydrogen (secondary N) is 2. The molecule has 4 unspecified atom stereocenters. The average molecular weight is 570 g/mol. The fourth-order valence-electron chi connectivity index (χ4n) is 5.50. The van der Waals surface area contributed by atoms with Gasteiger partial charge in [0.05, 0.1) is 36.5 Å². The van der Waals surface area contributed by atoms with E-state index in [1.54, 1.807) is 10.8 Å². The number of rotatable bonds is 9. The van der Waals surface area contributed by atoms with Crippen LogP contribution in [-0.2, 0) is 4.79 Å². The number of nitrogen functional groups attached to an aromatic ring is 1. The Balaban J connectivity index is 1.38. The van der Waals surface area contributed by atoms with Crippen molar-refractivity contribution in [3.8, 4) is 5.95 Å². The number of carbonyl (C=O) groups excluding carboxylic acids is 1. The van der Waals surface area contributed by atoms with Crippen molar-refractivity contribution in [1.29, 1.82) is 0 Å². The highest BCUT2D eigenvalue weighted by atomic mass is 16.3. The molecule has 13 nitrogen and oxygen atoms in total. The number of anilines is 2. The van der Waals surface area contributed by atoms with Gasteiger partial charge in [-0.15, -0.1) is 0 Å². The normalized spacial score (nSPS) is 20.3. The van der Waals surface area contributed by atoms with E-state index in [1.807, 2.05) is 36.4 Å². The fraction of sp³-hybridized carbons (Fsp3) is 0.276. The Bertz CT molecular complexity index is 1640. The van der Waals surface area contributed by atoms with Gasteiger partial charge in [-0.25, -0.2) is 9.67 Å². The predicted octanol–water partition coefficient (Wildman–Crippen LogP) is 0.982. The van der Waals surface area contributed by atoms with Gasteiger partial charge >= 0.3 is 0 Å². The van der Waals surface area contributed by atoms with Crippen molar-refractivity contribution >= 4 is 28.6 Å². The summed E-state index contributed by atoms with van der Waals surface area (Å²) >= 11 is 0. The van der Waals surface area contributed by atoms with Crippen LogP contribution in [0.2, 0.25) is 0 Å². The highest BCUT2D eigenvalue weighted by Gasteiger charge is 2.43. The fourth-order valence-corrected chi connectivity index (χ4v) is 5.50. The predicted molar refractivity (Wildman–Crippen MR) is 155 cm³/mol. The maximum Gasteiger partial charge on any atom is 0.254 e. The van der Waals surface area contributed by atoms with E-state index in [-0.39, 0.29) is 18.3 Å². The lowest BCUT2D eigenvalue weighted by molar-refractivity contribution is -0.125. The van der Waals surface area contributed by atoms with Crippen molar-refractivity contribution in [2.24, 2.45) is 0 Å². The van der Waals surface area contributed by atoms with Crippen LogP contribution in [0.3, 0.4) is 0 Å². The van der Waals surface area contributed by atoms with Gasteiger partial charge in [-0.3, -0.25) is 4.79 Å². The topological polar surface area (TPSA) is 189 Å². The number of aliphatic hydroxyl groups excluding tert-OH is 3. The van der Waals surface area contributed by atoms with Crippen molar-refractivity contribution in [3.05, 3.63) is 90.5 Å². The highest BCUT2D eigenvalue weighted by molar-refractivity contribution is 5.84. The van der Waals surface area contributed by atoms with E-state index in [9.17, 15) is 15.0 Å². The van der Waals surface area contributed by atoms with Gasteiger partial charge in [0.1, 0.15) is 18.8 Å². The van der Waals surface area contributed by atoms with Crippen molar-refractivity contribution in [1.82, 2.24) is 34.6 Å². The van der Waals surface area contributed by atoms with Crippen LogP contribution in [0, 0.1) is 0 Å². The van der Waals surface area contributed by atoms with E-state index < -0.39 is 36.8 Å². The number of nitrogens with two attached hydrogens (primary N) is 1. The molecule has 42 heavy (non-hydrogen) atoms. The van der Waals surface area contributed by atoms with Gasteiger partial charge in [-0.2, -0.15) is 15.1 Å². The number of aromatic nitrogens is 6. The summed E-state index contributed by atoms with van der Waals surface area (Å²) in [5.41, 5.74) is 9.48. The van der Waals surface area contributed by atoms with E-state index >= 15 is 0 Å². The van der Waals surface area contributed by atoms with Gasteiger partial charge in [0, 0.05) is 12.5 Å². The first-order valence-electron chi connectivity index (χ1n) is 13.6. The van der Waals surface area contributed by atoms with E-state index in [2.05, 4.69) is 45.0 Å². The number of fused-ring (bicyclic) bond motifs is 1. The Morgan fingerprint density at radius 1 is 1.02 bits per heavy atom. The average Bonchev–Trinajstić information content (AvgIpc) is 3.72. The summed E-state index contributed by atoms with van der Waals surface area (Å²) in [5.74, 6) is 0.0579. The number of hydrogen-bond acceptors (Lipinski definition) is 10. The number of hydrogen-bond donors (Lipinski definition) is 6. The molecule has 7 N–H and O–H groups in total. The number of nitrogens with zero attached hydrogens (tertiary/aromatic N) is 6. The molecule has 1 aliphatic carbocycles. The maximum absolute atomic E-state index is 11.8. The van der Waals surface area contributed by atoms with Gasteiger partial charge in [-0.05, 0) is 17.5 Å². The molecule has 3 aromatic heterocycles. The molecule has 1 aliphatic rings. The molecule has 1 fully saturated rings. The molecular weight excluding hydrogens is 538 g/mol. The second-order valence-electron chi connectivity index (χ2n) is 10.3. The maximum atomic E-state index is 11.8. The zero-order valence-electron chi connectivity index (χ0n) is 22.5. The third-order valence-electron chi connectivity index (χ3n) is 7.59. The second-order valence-corrected chi connectivity index (χ2v) is 10.3. The monoisotopic (exact) mass is 569 g/mol. The van der Waals surface area contributed by atoms with Crippen LogP contribution in [0.5, 0.6) is 0 Å². The van der Waals surface area contributed by atoms with E-state index in [0.29, 0.717) is 29.2 Å². The molecule has 0 aliphatic heterocycles. The van der Waals surface area contributed by atoms with Crippen LogP contribution in [-0.4, -0.2) is 81.9 Å². The minimum Gasteiger partial charge on any atom is -0.396 e. The third-order valence-corrected chi connectivity index (χ3v) is 7.59.